The number of benzene rings is 2. The summed E-state index contributed by atoms with van der Waals surface area (Å²) < 4.78 is 40.0. The summed E-state index contributed by atoms with van der Waals surface area (Å²) in [6, 6.07) is 9.15. The average molecular weight is 407 g/mol. The standard InChI is InChI=1S/C20H25NO6S/c1-5-25-17-12-14(13-18(26-6-2)19(17)27-7-3)20(22)21-15-8-10-16(11-9-15)28(4,23)24/h8-13H,5-7H2,1-4H3,(H,21,22). The lowest BCUT2D eigenvalue weighted by molar-refractivity contribution is 0.102. The molecule has 1 amide bonds. The van der Waals surface area contributed by atoms with Crippen LogP contribution in [0.2, 0.25) is 0 Å². The van der Waals surface area contributed by atoms with Crippen molar-refractivity contribution in [3.05, 3.63) is 42.0 Å². The van der Waals surface area contributed by atoms with Gasteiger partial charge in [0.1, 0.15) is 0 Å². The maximum absolute atomic E-state index is 12.7. The van der Waals surface area contributed by atoms with Gasteiger partial charge in [-0.2, -0.15) is 0 Å². The highest BCUT2D eigenvalue weighted by Crippen LogP contribution is 2.39. The molecule has 2 aromatic rings. The molecule has 28 heavy (non-hydrogen) atoms. The largest absolute Gasteiger partial charge is 0.490 e. The second-order valence-electron chi connectivity index (χ2n) is 5.85. The van der Waals surface area contributed by atoms with Crippen LogP contribution in [0.15, 0.2) is 41.3 Å². The second-order valence-corrected chi connectivity index (χ2v) is 7.87. The summed E-state index contributed by atoms with van der Waals surface area (Å²) in [5, 5.41) is 2.74. The molecule has 8 heteroatoms. The van der Waals surface area contributed by atoms with Gasteiger partial charge in [0.15, 0.2) is 21.3 Å². The Bertz CT molecular complexity index is 895. The molecule has 0 saturated heterocycles. The van der Waals surface area contributed by atoms with Gasteiger partial charge >= 0.3 is 0 Å². The summed E-state index contributed by atoms with van der Waals surface area (Å²) >= 11 is 0. The predicted molar refractivity (Wildman–Crippen MR) is 107 cm³/mol. The third-order valence-corrected chi connectivity index (χ3v) is 4.84. The summed E-state index contributed by atoms with van der Waals surface area (Å²) in [4.78, 5) is 12.9. The van der Waals surface area contributed by atoms with Gasteiger partial charge in [-0.05, 0) is 57.2 Å². The van der Waals surface area contributed by atoms with E-state index in [1.807, 2.05) is 20.8 Å². The highest BCUT2D eigenvalue weighted by Gasteiger charge is 2.18. The van der Waals surface area contributed by atoms with Crippen LogP contribution in [0.1, 0.15) is 31.1 Å². The lowest BCUT2D eigenvalue weighted by atomic mass is 10.1. The van der Waals surface area contributed by atoms with Crippen molar-refractivity contribution in [2.45, 2.75) is 25.7 Å². The maximum atomic E-state index is 12.7. The number of amides is 1. The van der Waals surface area contributed by atoms with Gasteiger partial charge in [-0.1, -0.05) is 0 Å². The first-order valence-corrected chi connectivity index (χ1v) is 10.9. The molecule has 0 aliphatic heterocycles. The molecule has 0 aliphatic rings. The van der Waals surface area contributed by atoms with E-state index in [1.54, 1.807) is 12.1 Å². The molecule has 152 valence electrons. The lowest BCUT2D eigenvalue weighted by Gasteiger charge is -2.17. The Morgan fingerprint density at radius 1 is 0.893 bits per heavy atom. The molecule has 0 bridgehead atoms. The molecule has 0 aliphatic carbocycles. The van der Waals surface area contributed by atoms with Crippen LogP contribution in [-0.2, 0) is 9.84 Å². The minimum Gasteiger partial charge on any atom is -0.490 e. The number of sulfone groups is 1. The Labute approximate surface area is 165 Å². The second kappa shape index (κ2) is 9.45. The van der Waals surface area contributed by atoms with Gasteiger partial charge in [0.2, 0.25) is 5.75 Å². The highest BCUT2D eigenvalue weighted by atomic mass is 32.2. The van der Waals surface area contributed by atoms with E-state index in [-0.39, 0.29) is 10.8 Å². The number of nitrogens with one attached hydrogen (secondary N) is 1. The van der Waals surface area contributed by atoms with Crippen LogP contribution < -0.4 is 19.5 Å². The van der Waals surface area contributed by atoms with Gasteiger partial charge < -0.3 is 19.5 Å². The van der Waals surface area contributed by atoms with Crippen LogP contribution in [0.5, 0.6) is 17.2 Å². The molecule has 0 aromatic heterocycles. The van der Waals surface area contributed by atoms with E-state index in [2.05, 4.69) is 5.32 Å². The Morgan fingerprint density at radius 3 is 1.82 bits per heavy atom. The van der Waals surface area contributed by atoms with Crippen LogP contribution in [-0.4, -0.2) is 40.4 Å². The van der Waals surface area contributed by atoms with Crippen molar-refractivity contribution in [3.8, 4) is 17.2 Å². The van der Waals surface area contributed by atoms with E-state index >= 15 is 0 Å². The first-order valence-electron chi connectivity index (χ1n) is 8.98. The third-order valence-electron chi connectivity index (χ3n) is 3.71. The summed E-state index contributed by atoms with van der Waals surface area (Å²) in [6.07, 6.45) is 1.13. The molecule has 0 unspecified atom stereocenters. The first-order chi connectivity index (χ1) is 13.3. The van der Waals surface area contributed by atoms with E-state index in [0.29, 0.717) is 48.3 Å². The van der Waals surface area contributed by atoms with Gasteiger partial charge in [0, 0.05) is 17.5 Å². The molecule has 0 fully saturated rings. The number of carbonyl (C=O) groups is 1. The highest BCUT2D eigenvalue weighted by molar-refractivity contribution is 7.90. The van der Waals surface area contributed by atoms with Crippen molar-refractivity contribution in [1.82, 2.24) is 0 Å². The van der Waals surface area contributed by atoms with E-state index in [9.17, 15) is 13.2 Å². The average Bonchev–Trinajstić information content (AvgIpc) is 2.64. The number of hydrogen-bond acceptors (Lipinski definition) is 6. The monoisotopic (exact) mass is 407 g/mol. The fourth-order valence-corrected chi connectivity index (χ4v) is 3.14. The molecule has 2 rings (SSSR count). The number of anilines is 1. The molecule has 0 heterocycles. The summed E-state index contributed by atoms with van der Waals surface area (Å²) in [7, 11) is -3.29. The van der Waals surface area contributed by atoms with Crippen LogP contribution in [0.3, 0.4) is 0 Å². The third kappa shape index (κ3) is 5.39. The van der Waals surface area contributed by atoms with E-state index in [4.69, 9.17) is 14.2 Å². The molecule has 2 aromatic carbocycles. The van der Waals surface area contributed by atoms with Crippen LogP contribution in [0.4, 0.5) is 5.69 Å². The molecule has 7 nitrogen and oxygen atoms in total. The molecule has 0 radical (unpaired) electrons. The van der Waals surface area contributed by atoms with Crippen molar-refractivity contribution >= 4 is 21.4 Å². The Balaban J connectivity index is 2.33. The molecular formula is C20H25NO6S. The maximum Gasteiger partial charge on any atom is 0.255 e. The summed E-state index contributed by atoms with van der Waals surface area (Å²) in [5.74, 6) is 0.929. The summed E-state index contributed by atoms with van der Waals surface area (Å²) in [5.41, 5.74) is 0.810. The molecule has 0 atom stereocenters. The lowest BCUT2D eigenvalue weighted by Crippen LogP contribution is -2.13. The zero-order valence-electron chi connectivity index (χ0n) is 16.4. The van der Waals surface area contributed by atoms with Crippen molar-refractivity contribution in [1.29, 1.82) is 0 Å². The van der Waals surface area contributed by atoms with E-state index in [0.717, 1.165) is 6.26 Å². The van der Waals surface area contributed by atoms with Gasteiger partial charge in [0.05, 0.1) is 24.7 Å². The van der Waals surface area contributed by atoms with Gasteiger partial charge in [-0.25, -0.2) is 8.42 Å². The van der Waals surface area contributed by atoms with Gasteiger partial charge in [0.25, 0.3) is 5.91 Å². The minimum atomic E-state index is -3.29. The van der Waals surface area contributed by atoms with Crippen LogP contribution in [0.25, 0.3) is 0 Å². The first kappa shape index (κ1) is 21.6. The van der Waals surface area contributed by atoms with Gasteiger partial charge in [-0.3, -0.25) is 4.79 Å². The quantitative estimate of drug-likeness (QED) is 0.684. The normalized spacial score (nSPS) is 11.0. The smallest absolute Gasteiger partial charge is 0.255 e. The van der Waals surface area contributed by atoms with Crippen LogP contribution in [0, 0.1) is 0 Å². The predicted octanol–water partition coefficient (Wildman–Crippen LogP) is 3.54. The molecular weight excluding hydrogens is 382 g/mol. The Kier molecular flexibility index (Phi) is 7.28. The number of ether oxygens (including phenoxy) is 3. The number of carbonyl (C=O) groups excluding carboxylic acids is 1. The Morgan fingerprint density at radius 2 is 1.39 bits per heavy atom. The number of hydrogen-bond donors (Lipinski definition) is 1. The fraction of sp³-hybridized carbons (Fsp3) is 0.350. The molecule has 0 spiro atoms. The van der Waals surface area contributed by atoms with Crippen molar-refractivity contribution in [2.24, 2.45) is 0 Å². The Hall–Kier alpha value is -2.74. The minimum absolute atomic E-state index is 0.184. The topological polar surface area (TPSA) is 90.9 Å². The SMILES string of the molecule is CCOc1cc(C(=O)Nc2ccc(S(C)(=O)=O)cc2)cc(OCC)c1OCC. The molecule has 1 N–H and O–H groups in total. The molecule has 0 saturated carbocycles. The number of rotatable bonds is 9. The van der Waals surface area contributed by atoms with Crippen molar-refractivity contribution in [3.63, 3.8) is 0 Å². The van der Waals surface area contributed by atoms with Crippen molar-refractivity contribution in [2.75, 3.05) is 31.4 Å². The van der Waals surface area contributed by atoms with Crippen LogP contribution >= 0.6 is 0 Å². The zero-order chi connectivity index (χ0) is 20.7. The zero-order valence-corrected chi connectivity index (χ0v) is 17.3. The van der Waals surface area contributed by atoms with E-state index in [1.165, 1.54) is 24.3 Å². The fourth-order valence-electron chi connectivity index (χ4n) is 2.51. The van der Waals surface area contributed by atoms with E-state index < -0.39 is 9.84 Å². The summed E-state index contributed by atoms with van der Waals surface area (Å²) in [6.45, 7) is 6.77. The van der Waals surface area contributed by atoms with Crippen molar-refractivity contribution < 1.29 is 27.4 Å². The van der Waals surface area contributed by atoms with Gasteiger partial charge in [-0.15, -0.1) is 0 Å².